The Labute approximate surface area is 138 Å². The van der Waals surface area contributed by atoms with E-state index < -0.39 is 7.25 Å². The minimum Gasteiger partial charge on any atom is -0.418 e. The van der Waals surface area contributed by atoms with Gasteiger partial charge < -0.3 is 17.3 Å². The van der Waals surface area contributed by atoms with Gasteiger partial charge in [-0.15, -0.1) is 0 Å². The van der Waals surface area contributed by atoms with Crippen LogP contribution in [-0.4, -0.2) is 7.25 Å². The number of rotatable bonds is 2. The molecule has 0 amide bonds. The first-order valence-electron chi connectivity index (χ1n) is 7.64. The largest absolute Gasteiger partial charge is 0.673 e. The fraction of sp³-hybridized carbons (Fsp3) is 0.500. The van der Waals surface area contributed by atoms with Crippen LogP contribution in [0.25, 0.3) is 0 Å². The van der Waals surface area contributed by atoms with Crippen molar-refractivity contribution in [2.24, 2.45) is 0 Å². The third kappa shape index (κ3) is 12.0. The molecule has 0 aromatic carbocycles. The van der Waals surface area contributed by atoms with E-state index in [1.807, 2.05) is 0 Å². The molecule has 126 valence electrons. The zero-order valence-corrected chi connectivity index (χ0v) is 14.2. The molecule has 2 aliphatic carbocycles. The van der Waals surface area contributed by atoms with E-state index in [0.717, 1.165) is 0 Å². The molecule has 0 N–H and O–H groups in total. The van der Waals surface area contributed by atoms with Gasteiger partial charge in [-0.05, 0) is 0 Å². The summed E-state index contributed by atoms with van der Waals surface area (Å²) in [7, 11) is -6.00. The molecule has 0 aliphatic heterocycles. The third-order valence-electron chi connectivity index (χ3n) is 3.08. The molecule has 0 bridgehead atoms. The van der Waals surface area contributed by atoms with E-state index in [-0.39, 0.29) is 0 Å². The Bertz CT molecular complexity index is 396. The molecule has 0 fully saturated rings. The molecule has 2 aliphatic rings. The van der Waals surface area contributed by atoms with Crippen molar-refractivity contribution in [2.45, 2.75) is 51.4 Å². The Balaban J connectivity index is 0.000000422. The van der Waals surface area contributed by atoms with Crippen LogP contribution in [0.3, 0.4) is 0 Å². The van der Waals surface area contributed by atoms with Crippen LogP contribution < -0.4 is 0 Å². The summed E-state index contributed by atoms with van der Waals surface area (Å²) in [5.74, 6) is 0. The summed E-state index contributed by atoms with van der Waals surface area (Å²) >= 11 is 0.528. The van der Waals surface area contributed by atoms with E-state index >= 15 is 0 Å². The average Bonchev–Trinajstić information content (AvgIpc) is 2.32. The average molecular weight is 404 g/mol. The van der Waals surface area contributed by atoms with Gasteiger partial charge in [-0.3, -0.25) is 0 Å². The first-order chi connectivity index (χ1) is 10.4. The van der Waals surface area contributed by atoms with E-state index in [9.17, 15) is 17.3 Å². The molecule has 6 heteroatoms. The Morgan fingerprint density at radius 2 is 1.14 bits per heavy atom. The zero-order valence-electron chi connectivity index (χ0n) is 12.5. The molecule has 0 nitrogen and oxygen atoms in total. The molecule has 0 spiro atoms. The van der Waals surface area contributed by atoms with E-state index in [0.29, 0.717) is 17.1 Å². The second-order valence-electron chi connectivity index (χ2n) is 5.10. The molecule has 0 unspecified atom stereocenters. The molecule has 22 heavy (non-hydrogen) atoms. The first kappa shape index (κ1) is 19.4. The summed E-state index contributed by atoms with van der Waals surface area (Å²) in [6.07, 6.45) is 24.6. The minimum absolute atomic E-state index is 0.528. The quantitative estimate of drug-likeness (QED) is 0.369. The molecule has 2 rings (SSSR count). The van der Waals surface area contributed by atoms with Crippen molar-refractivity contribution in [1.29, 1.82) is 0 Å². The molecule has 0 radical (unpaired) electrons. The van der Waals surface area contributed by atoms with Gasteiger partial charge in [-0.2, -0.15) is 0 Å². The van der Waals surface area contributed by atoms with Crippen molar-refractivity contribution < 1.29 is 34.4 Å². The van der Waals surface area contributed by atoms with Gasteiger partial charge in [0.15, 0.2) is 0 Å². The van der Waals surface area contributed by atoms with Gasteiger partial charge in [0.25, 0.3) is 0 Å². The standard InChI is InChI=1S/2C8H11.BF4.Rh/c2*1-2-4-6-8-7-5-3-1;2-1(3,4)5;/h2*1-3H,4,6-8H2;;/q;;-1;+1/b2*2-1-,5-3?;;. The smallest absolute Gasteiger partial charge is 0.418 e. The number of allylic oxidation sites excluding steroid dienone is 8. The minimum atomic E-state index is -6.00. The molecule has 0 atom stereocenters. The summed E-state index contributed by atoms with van der Waals surface area (Å²) in [5.41, 5.74) is 0. The van der Waals surface area contributed by atoms with Crippen LogP contribution in [0.1, 0.15) is 51.4 Å². The molecule has 0 saturated carbocycles. The van der Waals surface area contributed by atoms with Gasteiger partial charge in [0.05, 0.1) is 0 Å². The summed E-state index contributed by atoms with van der Waals surface area (Å²) in [6, 6.07) is 0. The van der Waals surface area contributed by atoms with Crippen molar-refractivity contribution in [3.8, 4) is 0 Å². The van der Waals surface area contributed by atoms with Gasteiger partial charge in [0, 0.05) is 0 Å². The van der Waals surface area contributed by atoms with Gasteiger partial charge in [-0.25, -0.2) is 0 Å². The summed E-state index contributed by atoms with van der Waals surface area (Å²) < 4.78 is 42.4. The third-order valence-corrected chi connectivity index (χ3v) is 5.49. The van der Waals surface area contributed by atoms with Crippen LogP contribution in [-0.2, 0) is 17.1 Å². The Hall–Kier alpha value is -0.632. The van der Waals surface area contributed by atoms with Crippen LogP contribution in [0.5, 0.6) is 0 Å². The molecular weight excluding hydrogens is 382 g/mol. The van der Waals surface area contributed by atoms with Crippen molar-refractivity contribution in [2.75, 3.05) is 0 Å². The topological polar surface area (TPSA) is 0 Å². The van der Waals surface area contributed by atoms with Gasteiger partial charge >= 0.3 is 121 Å². The van der Waals surface area contributed by atoms with E-state index in [1.54, 1.807) is 8.33 Å². The van der Waals surface area contributed by atoms with Gasteiger partial charge in [0.2, 0.25) is 0 Å². The van der Waals surface area contributed by atoms with Crippen molar-refractivity contribution in [3.05, 3.63) is 44.8 Å². The van der Waals surface area contributed by atoms with Crippen molar-refractivity contribution in [1.82, 2.24) is 0 Å². The maximum atomic E-state index is 9.75. The summed E-state index contributed by atoms with van der Waals surface area (Å²) in [4.78, 5) is 0. The fourth-order valence-corrected chi connectivity index (χ4v) is 4.32. The molecule has 0 aromatic heterocycles. The van der Waals surface area contributed by atoms with Crippen LogP contribution in [0.4, 0.5) is 17.3 Å². The van der Waals surface area contributed by atoms with E-state index in [2.05, 4.69) is 36.5 Å². The Morgan fingerprint density at radius 1 is 0.727 bits per heavy atom. The fourth-order valence-electron chi connectivity index (χ4n) is 2.07. The monoisotopic (exact) mass is 404 g/mol. The van der Waals surface area contributed by atoms with Crippen LogP contribution in [0, 0.1) is 0 Å². The predicted molar refractivity (Wildman–Crippen MR) is 81.6 cm³/mol. The number of hydrogen-bond donors (Lipinski definition) is 0. The maximum absolute atomic E-state index is 9.75. The second-order valence-corrected chi connectivity index (χ2v) is 7.61. The molecular formula is C16H22BF4Rh. The van der Waals surface area contributed by atoms with Gasteiger partial charge in [-0.1, -0.05) is 0 Å². The number of hydrogen-bond acceptors (Lipinski definition) is 0. The predicted octanol–water partition coefficient (Wildman–Crippen LogP) is 6.40. The Kier molecular flexibility index (Phi) is 9.70. The zero-order chi connectivity index (χ0) is 16.3. The molecule has 0 aromatic rings. The normalized spacial score (nSPS) is 27.5. The second kappa shape index (κ2) is 11.0. The summed E-state index contributed by atoms with van der Waals surface area (Å²) in [5, 5.41) is 0. The SMILES string of the molecule is C1=C\CCCC\[C]([Rh+]/[C]2=C/C=C\CCCC2)=C/1.F[B-](F)(F)F. The van der Waals surface area contributed by atoms with Crippen LogP contribution in [0.2, 0.25) is 0 Å². The maximum Gasteiger partial charge on any atom is 0.673 e. The van der Waals surface area contributed by atoms with E-state index in [1.165, 1.54) is 51.4 Å². The first-order valence-corrected chi connectivity index (χ1v) is 9.28. The van der Waals surface area contributed by atoms with Gasteiger partial charge in [0.1, 0.15) is 0 Å². The van der Waals surface area contributed by atoms with Crippen molar-refractivity contribution in [3.63, 3.8) is 0 Å². The molecule has 0 saturated heterocycles. The van der Waals surface area contributed by atoms with Crippen LogP contribution in [0.15, 0.2) is 44.8 Å². The Morgan fingerprint density at radius 3 is 1.55 bits per heavy atom. The number of halogens is 4. The van der Waals surface area contributed by atoms with Crippen LogP contribution >= 0.6 is 0 Å². The molecule has 0 heterocycles. The van der Waals surface area contributed by atoms with E-state index in [4.69, 9.17) is 0 Å². The van der Waals surface area contributed by atoms with Crippen molar-refractivity contribution >= 4 is 7.25 Å². The summed E-state index contributed by atoms with van der Waals surface area (Å²) in [6.45, 7) is 0.